The molecule has 0 saturated heterocycles. The number of aliphatic hydroxyl groups is 1. The Morgan fingerprint density at radius 2 is 1.97 bits per heavy atom. The van der Waals surface area contributed by atoms with Crippen LogP contribution in [-0.4, -0.2) is 27.0 Å². The highest BCUT2D eigenvalue weighted by atomic mass is 19.4. The van der Waals surface area contributed by atoms with Crippen LogP contribution in [0, 0.1) is 12.7 Å². The molecule has 1 aliphatic rings. The molecule has 4 rings (SSSR count). The van der Waals surface area contributed by atoms with Gasteiger partial charge in [-0.3, -0.25) is 4.79 Å². The van der Waals surface area contributed by atoms with E-state index in [0.717, 1.165) is 0 Å². The SMILES string of the molecule is CC[C@H]1C[C@@](O)(C(F)(F)F)[C@@H](Nc2cccc3[nH]c(=O)ccc23)c2cc(C)c(F)c(O)c21. The van der Waals surface area contributed by atoms with Crippen molar-refractivity contribution in [2.24, 2.45) is 0 Å². The predicted octanol–water partition coefficient (Wildman–Crippen LogP) is 5.03. The first-order valence-corrected chi connectivity index (χ1v) is 10.2. The van der Waals surface area contributed by atoms with Crippen LogP contribution in [-0.2, 0) is 0 Å². The molecular formula is C23H22F4N2O3. The Hall–Kier alpha value is -3.07. The van der Waals surface area contributed by atoms with Gasteiger partial charge in [0.25, 0.3) is 0 Å². The zero-order chi connectivity index (χ0) is 23.4. The number of phenolic OH excluding ortho intramolecular Hbond substituents is 1. The molecule has 0 aliphatic heterocycles. The van der Waals surface area contributed by atoms with E-state index in [1.807, 2.05) is 0 Å². The number of halogens is 4. The summed E-state index contributed by atoms with van der Waals surface area (Å²) in [5, 5.41) is 24.7. The van der Waals surface area contributed by atoms with Gasteiger partial charge in [0.05, 0.1) is 11.6 Å². The maximum absolute atomic E-state index is 14.5. The van der Waals surface area contributed by atoms with Crippen molar-refractivity contribution in [1.29, 1.82) is 0 Å². The van der Waals surface area contributed by atoms with E-state index in [2.05, 4.69) is 10.3 Å². The molecule has 0 radical (unpaired) electrons. The number of phenols is 1. The van der Waals surface area contributed by atoms with Crippen LogP contribution < -0.4 is 10.9 Å². The average Bonchev–Trinajstić information content (AvgIpc) is 2.72. The fourth-order valence-electron chi connectivity index (χ4n) is 4.63. The van der Waals surface area contributed by atoms with Crippen LogP contribution in [0.15, 0.2) is 41.2 Å². The number of aromatic hydroxyl groups is 1. The van der Waals surface area contributed by atoms with Crippen molar-refractivity contribution < 1.29 is 27.8 Å². The second-order valence-electron chi connectivity index (χ2n) is 8.26. The number of aromatic nitrogens is 1. The molecule has 32 heavy (non-hydrogen) atoms. The van der Waals surface area contributed by atoms with Crippen molar-refractivity contribution in [3.63, 3.8) is 0 Å². The van der Waals surface area contributed by atoms with Gasteiger partial charge in [0.1, 0.15) is 0 Å². The first-order chi connectivity index (χ1) is 15.0. The van der Waals surface area contributed by atoms with E-state index in [1.54, 1.807) is 19.1 Å². The fourth-order valence-corrected chi connectivity index (χ4v) is 4.63. The van der Waals surface area contributed by atoms with E-state index in [1.165, 1.54) is 31.2 Å². The van der Waals surface area contributed by atoms with Crippen LogP contribution in [0.4, 0.5) is 23.2 Å². The summed E-state index contributed by atoms with van der Waals surface area (Å²) in [4.78, 5) is 14.2. The third-order valence-corrected chi connectivity index (χ3v) is 6.30. The fraction of sp³-hybridized carbons (Fsp3) is 0.348. The first-order valence-electron chi connectivity index (χ1n) is 10.2. The molecule has 2 aromatic carbocycles. The normalized spacial score (nSPS) is 23.2. The zero-order valence-corrected chi connectivity index (χ0v) is 17.3. The van der Waals surface area contributed by atoms with Crippen molar-refractivity contribution in [2.45, 2.75) is 50.4 Å². The molecule has 1 heterocycles. The van der Waals surface area contributed by atoms with E-state index in [4.69, 9.17) is 0 Å². The number of aryl methyl sites for hydroxylation is 1. The lowest BCUT2D eigenvalue weighted by Gasteiger charge is -2.46. The maximum atomic E-state index is 14.5. The Kier molecular flexibility index (Phi) is 5.20. The summed E-state index contributed by atoms with van der Waals surface area (Å²) in [7, 11) is 0. The molecule has 0 bridgehead atoms. The standard InChI is InChI=1S/C23H22F4N2O3/c1-3-12-10-22(32,23(25,26)27)21(14-9-11(2)19(24)20(31)18(12)14)29-16-6-4-5-15-13(16)7-8-17(30)28-15/h4-9,12,21,29,31-32H,3,10H2,1-2H3,(H,28,30)/t12-,21-,22-/m0/s1. The number of nitrogens with one attached hydrogen (secondary N) is 2. The minimum absolute atomic E-state index is 0.0132. The number of anilines is 1. The highest BCUT2D eigenvalue weighted by Gasteiger charge is 2.62. The lowest BCUT2D eigenvalue weighted by Crippen LogP contribution is -2.55. The van der Waals surface area contributed by atoms with Gasteiger partial charge in [-0.05, 0) is 55.0 Å². The number of rotatable bonds is 3. The van der Waals surface area contributed by atoms with Gasteiger partial charge in [-0.15, -0.1) is 0 Å². The largest absolute Gasteiger partial charge is 0.505 e. The molecule has 9 heteroatoms. The molecule has 0 fully saturated rings. The summed E-state index contributed by atoms with van der Waals surface area (Å²) in [5.74, 6) is -2.47. The summed E-state index contributed by atoms with van der Waals surface area (Å²) in [5.41, 5.74) is -2.88. The predicted molar refractivity (Wildman–Crippen MR) is 112 cm³/mol. The molecule has 3 atom stereocenters. The van der Waals surface area contributed by atoms with Gasteiger partial charge in [0.2, 0.25) is 5.56 Å². The van der Waals surface area contributed by atoms with Crippen LogP contribution >= 0.6 is 0 Å². The van der Waals surface area contributed by atoms with Crippen molar-refractivity contribution in [1.82, 2.24) is 4.98 Å². The van der Waals surface area contributed by atoms with Gasteiger partial charge in [-0.2, -0.15) is 13.2 Å². The molecule has 4 N–H and O–H groups in total. The Balaban J connectivity index is 1.97. The van der Waals surface area contributed by atoms with Gasteiger partial charge >= 0.3 is 6.18 Å². The molecule has 0 amide bonds. The van der Waals surface area contributed by atoms with Gasteiger partial charge in [0, 0.05) is 22.7 Å². The summed E-state index contributed by atoms with van der Waals surface area (Å²) in [6.07, 6.45) is -5.58. The highest BCUT2D eigenvalue weighted by Crippen LogP contribution is 2.55. The minimum atomic E-state index is -5.01. The van der Waals surface area contributed by atoms with Gasteiger partial charge in [-0.25, -0.2) is 4.39 Å². The van der Waals surface area contributed by atoms with E-state index in [0.29, 0.717) is 10.9 Å². The summed E-state index contributed by atoms with van der Waals surface area (Å²) >= 11 is 0. The van der Waals surface area contributed by atoms with E-state index in [9.17, 15) is 32.6 Å². The third-order valence-electron chi connectivity index (χ3n) is 6.30. The van der Waals surface area contributed by atoms with Gasteiger partial charge in [0.15, 0.2) is 17.2 Å². The number of fused-ring (bicyclic) bond motifs is 2. The molecule has 170 valence electrons. The number of benzene rings is 2. The van der Waals surface area contributed by atoms with Gasteiger partial charge in [-0.1, -0.05) is 19.1 Å². The minimum Gasteiger partial charge on any atom is -0.505 e. The van der Waals surface area contributed by atoms with Crippen LogP contribution in [0.5, 0.6) is 5.75 Å². The van der Waals surface area contributed by atoms with Crippen molar-refractivity contribution >= 4 is 16.6 Å². The molecule has 1 aromatic heterocycles. The Morgan fingerprint density at radius 1 is 1.25 bits per heavy atom. The number of H-pyrrole nitrogens is 1. The summed E-state index contributed by atoms with van der Waals surface area (Å²) < 4.78 is 57.2. The third kappa shape index (κ3) is 3.31. The van der Waals surface area contributed by atoms with Crippen LogP contribution in [0.3, 0.4) is 0 Å². The van der Waals surface area contributed by atoms with E-state index in [-0.39, 0.29) is 34.4 Å². The number of hydrogen-bond acceptors (Lipinski definition) is 4. The van der Waals surface area contributed by atoms with Gasteiger partial charge < -0.3 is 20.5 Å². The number of aromatic amines is 1. The molecule has 0 unspecified atom stereocenters. The van der Waals surface area contributed by atoms with Crippen molar-refractivity contribution in [3.8, 4) is 5.75 Å². The second kappa shape index (κ2) is 7.51. The highest BCUT2D eigenvalue weighted by molar-refractivity contribution is 5.91. The topological polar surface area (TPSA) is 85.4 Å². The van der Waals surface area contributed by atoms with E-state index < -0.39 is 41.7 Å². The molecule has 1 aliphatic carbocycles. The molecule has 0 saturated carbocycles. The van der Waals surface area contributed by atoms with Crippen LogP contribution in [0.1, 0.15) is 48.4 Å². The molecule has 0 spiro atoms. The first kappa shape index (κ1) is 22.1. The molecule has 3 aromatic rings. The van der Waals surface area contributed by atoms with Crippen molar-refractivity contribution in [3.05, 3.63) is 69.3 Å². The molecule has 5 nitrogen and oxygen atoms in total. The van der Waals surface area contributed by atoms with Crippen molar-refractivity contribution in [2.75, 3.05) is 5.32 Å². The van der Waals surface area contributed by atoms with E-state index >= 15 is 0 Å². The average molecular weight is 450 g/mol. The quantitative estimate of drug-likeness (QED) is 0.422. The zero-order valence-electron chi connectivity index (χ0n) is 17.3. The number of pyridine rings is 1. The Morgan fingerprint density at radius 3 is 2.62 bits per heavy atom. The smallest absolute Gasteiger partial charge is 0.419 e. The summed E-state index contributed by atoms with van der Waals surface area (Å²) in [6, 6.07) is 6.92. The van der Waals surface area contributed by atoms with Crippen LogP contribution in [0.2, 0.25) is 0 Å². The summed E-state index contributed by atoms with van der Waals surface area (Å²) in [6.45, 7) is 2.97. The Bertz CT molecular complexity index is 1250. The monoisotopic (exact) mass is 450 g/mol. The lowest BCUT2D eigenvalue weighted by atomic mass is 9.68. The number of hydrogen-bond donors (Lipinski definition) is 4. The lowest BCUT2D eigenvalue weighted by molar-refractivity contribution is -0.272. The van der Waals surface area contributed by atoms with Crippen LogP contribution in [0.25, 0.3) is 10.9 Å². The Labute approximate surface area is 180 Å². The molecular weight excluding hydrogens is 428 g/mol. The second-order valence-corrected chi connectivity index (χ2v) is 8.26. The maximum Gasteiger partial charge on any atom is 0.419 e. The number of alkyl halides is 3.